The lowest BCUT2D eigenvalue weighted by Gasteiger charge is -2.21. The van der Waals surface area contributed by atoms with E-state index in [2.05, 4.69) is 19.2 Å². The van der Waals surface area contributed by atoms with Crippen molar-refractivity contribution in [2.45, 2.75) is 52.9 Å². The second-order valence-electron chi connectivity index (χ2n) is 5.38. The van der Waals surface area contributed by atoms with Gasteiger partial charge in [-0.3, -0.25) is 9.59 Å². The van der Waals surface area contributed by atoms with Gasteiger partial charge in [0.15, 0.2) is 0 Å². The minimum Gasteiger partial charge on any atom is -0.481 e. The third-order valence-corrected chi connectivity index (χ3v) is 3.28. The van der Waals surface area contributed by atoms with E-state index in [1.807, 2.05) is 11.8 Å². The van der Waals surface area contributed by atoms with Gasteiger partial charge in [-0.2, -0.15) is 0 Å². The summed E-state index contributed by atoms with van der Waals surface area (Å²) < 4.78 is 0. The van der Waals surface area contributed by atoms with Crippen molar-refractivity contribution in [1.29, 1.82) is 0 Å². The van der Waals surface area contributed by atoms with Gasteiger partial charge in [0.2, 0.25) is 5.91 Å². The van der Waals surface area contributed by atoms with Gasteiger partial charge in [0.25, 0.3) is 0 Å². The molecule has 0 aromatic rings. The maximum Gasteiger partial charge on any atom is 0.303 e. The van der Waals surface area contributed by atoms with Gasteiger partial charge in [-0.1, -0.05) is 20.8 Å². The molecule has 0 rings (SSSR count). The van der Waals surface area contributed by atoms with Crippen molar-refractivity contribution in [3.05, 3.63) is 0 Å². The fourth-order valence-electron chi connectivity index (χ4n) is 2.07. The van der Waals surface area contributed by atoms with Crippen LogP contribution in [0, 0.1) is 5.92 Å². The van der Waals surface area contributed by atoms with Crippen LogP contribution in [0.15, 0.2) is 0 Å². The van der Waals surface area contributed by atoms with Gasteiger partial charge in [0, 0.05) is 19.5 Å². The monoisotopic (exact) mass is 286 g/mol. The van der Waals surface area contributed by atoms with Crippen LogP contribution >= 0.6 is 0 Å². The van der Waals surface area contributed by atoms with Crippen LogP contribution in [0.3, 0.4) is 0 Å². The molecule has 2 N–H and O–H groups in total. The molecule has 0 fully saturated rings. The zero-order valence-corrected chi connectivity index (χ0v) is 13.2. The number of carboxylic acids is 1. The SMILES string of the molecule is CCCN(CCC)C(=O)CNCCC(C)CCC(=O)O. The number of amides is 1. The Morgan fingerprint density at radius 1 is 1.15 bits per heavy atom. The molecule has 1 unspecified atom stereocenters. The zero-order chi connectivity index (χ0) is 15.4. The lowest BCUT2D eigenvalue weighted by atomic mass is 10.0. The van der Waals surface area contributed by atoms with Gasteiger partial charge in [-0.15, -0.1) is 0 Å². The first-order valence-electron chi connectivity index (χ1n) is 7.71. The summed E-state index contributed by atoms with van der Waals surface area (Å²) in [4.78, 5) is 24.3. The van der Waals surface area contributed by atoms with Crippen LogP contribution < -0.4 is 5.32 Å². The molecule has 0 spiro atoms. The van der Waals surface area contributed by atoms with Crippen LogP contribution in [-0.4, -0.2) is 48.1 Å². The number of hydrogen-bond acceptors (Lipinski definition) is 3. The summed E-state index contributed by atoms with van der Waals surface area (Å²) in [5, 5.41) is 11.8. The fourth-order valence-corrected chi connectivity index (χ4v) is 2.07. The third-order valence-electron chi connectivity index (χ3n) is 3.28. The number of carboxylic acid groups (broad SMARTS) is 1. The van der Waals surface area contributed by atoms with E-state index < -0.39 is 5.97 Å². The molecular formula is C15H30N2O3. The smallest absolute Gasteiger partial charge is 0.303 e. The lowest BCUT2D eigenvalue weighted by Crippen LogP contribution is -2.39. The quantitative estimate of drug-likeness (QED) is 0.539. The fraction of sp³-hybridized carbons (Fsp3) is 0.867. The molecule has 0 aromatic heterocycles. The molecule has 0 radical (unpaired) electrons. The van der Waals surface area contributed by atoms with Crippen LogP contribution in [0.25, 0.3) is 0 Å². The van der Waals surface area contributed by atoms with E-state index in [1.165, 1.54) is 0 Å². The van der Waals surface area contributed by atoms with Crippen molar-refractivity contribution in [1.82, 2.24) is 10.2 Å². The average Bonchev–Trinajstić information content (AvgIpc) is 2.40. The standard InChI is InChI=1S/C15H30N2O3/c1-4-10-17(11-5-2)14(18)12-16-9-8-13(3)6-7-15(19)20/h13,16H,4-12H2,1-3H3,(H,19,20). The van der Waals surface area contributed by atoms with Crippen molar-refractivity contribution in [3.63, 3.8) is 0 Å². The molecule has 0 aliphatic heterocycles. The van der Waals surface area contributed by atoms with E-state index in [4.69, 9.17) is 5.11 Å². The van der Waals surface area contributed by atoms with Crippen molar-refractivity contribution in [2.75, 3.05) is 26.2 Å². The van der Waals surface area contributed by atoms with Crippen LogP contribution in [0.4, 0.5) is 0 Å². The highest BCUT2D eigenvalue weighted by atomic mass is 16.4. The first-order valence-corrected chi connectivity index (χ1v) is 7.71. The Kier molecular flexibility index (Phi) is 11.1. The Hall–Kier alpha value is -1.10. The molecule has 5 nitrogen and oxygen atoms in total. The summed E-state index contributed by atoms with van der Waals surface area (Å²) in [5.74, 6) is -0.210. The minimum atomic E-state index is -0.741. The lowest BCUT2D eigenvalue weighted by molar-refractivity contribution is -0.137. The summed E-state index contributed by atoms with van der Waals surface area (Å²) in [6, 6.07) is 0. The van der Waals surface area contributed by atoms with E-state index in [-0.39, 0.29) is 12.3 Å². The molecule has 0 heterocycles. The molecule has 1 atom stereocenters. The highest BCUT2D eigenvalue weighted by Crippen LogP contribution is 2.09. The van der Waals surface area contributed by atoms with Gasteiger partial charge in [0.1, 0.15) is 0 Å². The van der Waals surface area contributed by atoms with E-state index in [1.54, 1.807) is 0 Å². The number of carbonyl (C=O) groups is 2. The average molecular weight is 286 g/mol. The number of nitrogens with zero attached hydrogens (tertiary/aromatic N) is 1. The topological polar surface area (TPSA) is 69.6 Å². The summed E-state index contributed by atoms with van der Waals surface area (Å²) in [6.07, 6.45) is 3.79. The Labute approximate surface area is 122 Å². The van der Waals surface area contributed by atoms with Crippen molar-refractivity contribution >= 4 is 11.9 Å². The second kappa shape index (κ2) is 11.7. The number of carbonyl (C=O) groups excluding carboxylic acids is 1. The maximum absolute atomic E-state index is 12.0. The Bertz CT molecular complexity index is 276. The Morgan fingerprint density at radius 3 is 2.25 bits per heavy atom. The summed E-state index contributed by atoms with van der Waals surface area (Å²) in [7, 11) is 0. The molecule has 0 aliphatic carbocycles. The first-order chi connectivity index (χ1) is 9.51. The van der Waals surface area contributed by atoms with Crippen LogP contribution in [-0.2, 0) is 9.59 Å². The van der Waals surface area contributed by atoms with Gasteiger partial charge < -0.3 is 15.3 Å². The van der Waals surface area contributed by atoms with E-state index in [0.29, 0.717) is 18.9 Å². The predicted molar refractivity (Wildman–Crippen MR) is 80.7 cm³/mol. The molecule has 20 heavy (non-hydrogen) atoms. The van der Waals surface area contributed by atoms with E-state index in [0.717, 1.165) is 38.9 Å². The Balaban J connectivity index is 3.76. The molecule has 118 valence electrons. The van der Waals surface area contributed by atoms with Crippen LogP contribution in [0.1, 0.15) is 52.9 Å². The minimum absolute atomic E-state index is 0.159. The molecular weight excluding hydrogens is 256 g/mol. The van der Waals surface area contributed by atoms with Gasteiger partial charge in [-0.25, -0.2) is 0 Å². The van der Waals surface area contributed by atoms with Gasteiger partial charge in [-0.05, 0) is 38.1 Å². The van der Waals surface area contributed by atoms with Gasteiger partial charge >= 0.3 is 5.97 Å². The molecule has 1 amide bonds. The largest absolute Gasteiger partial charge is 0.481 e. The highest BCUT2D eigenvalue weighted by molar-refractivity contribution is 5.78. The molecule has 0 saturated carbocycles. The van der Waals surface area contributed by atoms with E-state index >= 15 is 0 Å². The van der Waals surface area contributed by atoms with Crippen molar-refractivity contribution in [2.24, 2.45) is 5.92 Å². The molecule has 0 aromatic carbocycles. The van der Waals surface area contributed by atoms with Crippen LogP contribution in [0.2, 0.25) is 0 Å². The normalized spacial score (nSPS) is 12.2. The molecule has 0 aliphatic rings. The predicted octanol–water partition coefficient (Wildman–Crippen LogP) is 2.12. The third kappa shape index (κ3) is 9.78. The summed E-state index contributed by atoms with van der Waals surface area (Å²) >= 11 is 0. The van der Waals surface area contributed by atoms with Crippen molar-refractivity contribution in [3.8, 4) is 0 Å². The molecule has 0 saturated heterocycles. The second-order valence-corrected chi connectivity index (χ2v) is 5.38. The molecule has 0 bridgehead atoms. The van der Waals surface area contributed by atoms with E-state index in [9.17, 15) is 9.59 Å². The van der Waals surface area contributed by atoms with Crippen molar-refractivity contribution < 1.29 is 14.7 Å². The number of hydrogen-bond donors (Lipinski definition) is 2. The zero-order valence-electron chi connectivity index (χ0n) is 13.2. The number of rotatable bonds is 12. The molecule has 5 heteroatoms. The summed E-state index contributed by atoms with van der Waals surface area (Å²) in [5.41, 5.74) is 0. The maximum atomic E-state index is 12.0. The first kappa shape index (κ1) is 18.9. The number of nitrogens with one attached hydrogen (secondary N) is 1. The number of aliphatic carboxylic acids is 1. The Morgan fingerprint density at radius 2 is 1.75 bits per heavy atom. The summed E-state index contributed by atoms with van der Waals surface area (Å²) in [6.45, 7) is 8.99. The van der Waals surface area contributed by atoms with Crippen LogP contribution in [0.5, 0.6) is 0 Å². The highest BCUT2D eigenvalue weighted by Gasteiger charge is 2.11. The van der Waals surface area contributed by atoms with Gasteiger partial charge in [0.05, 0.1) is 6.54 Å².